The van der Waals surface area contributed by atoms with Crippen LogP contribution in [0.4, 0.5) is 4.79 Å². The summed E-state index contributed by atoms with van der Waals surface area (Å²) >= 11 is 1.49. The van der Waals surface area contributed by atoms with Crippen LogP contribution < -0.4 is 10.6 Å². The van der Waals surface area contributed by atoms with E-state index in [1.807, 2.05) is 12.1 Å². The molecule has 0 bridgehead atoms. The lowest BCUT2D eigenvalue weighted by Crippen LogP contribution is -2.36. The van der Waals surface area contributed by atoms with Crippen molar-refractivity contribution in [1.29, 1.82) is 0 Å². The predicted molar refractivity (Wildman–Crippen MR) is 79.6 cm³/mol. The topological polar surface area (TPSA) is 70.7 Å². The maximum atomic E-state index is 12.1. The van der Waals surface area contributed by atoms with Crippen LogP contribution in [0, 0.1) is 0 Å². The van der Waals surface area contributed by atoms with E-state index in [1.165, 1.54) is 11.3 Å². The maximum absolute atomic E-state index is 12.1. The van der Waals surface area contributed by atoms with E-state index in [0.717, 1.165) is 24.3 Å². The Morgan fingerprint density at radius 3 is 3.14 bits per heavy atom. The second kappa shape index (κ2) is 6.44. The summed E-state index contributed by atoms with van der Waals surface area (Å²) in [6.45, 7) is 3.21. The Hall–Kier alpha value is -1.60. The first-order valence-electron chi connectivity index (χ1n) is 7.26. The molecule has 0 spiro atoms. The summed E-state index contributed by atoms with van der Waals surface area (Å²) < 4.78 is 5.62. The maximum Gasteiger partial charge on any atom is 0.317 e. The van der Waals surface area contributed by atoms with Crippen molar-refractivity contribution in [2.24, 2.45) is 0 Å². The lowest BCUT2D eigenvalue weighted by atomic mass is 10.2. The molecule has 3 rings (SSSR count). The fourth-order valence-electron chi connectivity index (χ4n) is 2.57. The van der Waals surface area contributed by atoms with E-state index < -0.39 is 0 Å². The average molecular weight is 309 g/mol. The molecule has 1 aromatic rings. The smallest absolute Gasteiger partial charge is 0.317 e. The second-order valence-electron chi connectivity index (χ2n) is 5.18. The van der Waals surface area contributed by atoms with Crippen molar-refractivity contribution in [2.45, 2.75) is 18.9 Å². The highest BCUT2D eigenvalue weighted by atomic mass is 32.1. The van der Waals surface area contributed by atoms with E-state index in [2.05, 4.69) is 10.6 Å². The Morgan fingerprint density at radius 1 is 1.52 bits per heavy atom. The summed E-state index contributed by atoms with van der Waals surface area (Å²) in [7, 11) is 0. The Kier molecular flexibility index (Phi) is 4.40. The van der Waals surface area contributed by atoms with Crippen molar-refractivity contribution < 1.29 is 14.3 Å². The van der Waals surface area contributed by atoms with Crippen molar-refractivity contribution in [1.82, 2.24) is 15.5 Å². The minimum absolute atomic E-state index is 0.0546. The molecular weight excluding hydrogens is 290 g/mol. The lowest BCUT2D eigenvalue weighted by molar-refractivity contribution is 0.0954. The van der Waals surface area contributed by atoms with E-state index in [-0.39, 0.29) is 18.0 Å². The van der Waals surface area contributed by atoms with Gasteiger partial charge in [0.1, 0.15) is 0 Å². The molecule has 2 fully saturated rings. The first-order chi connectivity index (χ1) is 10.2. The number of carbonyl (C=O) groups excluding carboxylic acids is 2. The van der Waals surface area contributed by atoms with Crippen molar-refractivity contribution in [3.8, 4) is 0 Å². The minimum Gasteiger partial charge on any atom is -0.373 e. The Labute approximate surface area is 127 Å². The van der Waals surface area contributed by atoms with Crippen molar-refractivity contribution in [3.63, 3.8) is 0 Å². The van der Waals surface area contributed by atoms with Crippen LogP contribution in [0.25, 0.3) is 0 Å². The van der Waals surface area contributed by atoms with Crippen LogP contribution in [0.2, 0.25) is 0 Å². The first kappa shape index (κ1) is 14.3. The van der Waals surface area contributed by atoms with Crippen LogP contribution in [0.5, 0.6) is 0 Å². The molecule has 2 saturated heterocycles. The predicted octanol–water partition coefficient (Wildman–Crippen LogP) is 1.35. The molecule has 2 N–H and O–H groups in total. The first-order valence-corrected chi connectivity index (χ1v) is 8.08. The normalized spacial score (nSPS) is 21.6. The van der Waals surface area contributed by atoms with Gasteiger partial charge in [0.05, 0.1) is 11.0 Å². The zero-order chi connectivity index (χ0) is 14.7. The molecule has 6 nitrogen and oxygen atoms in total. The second-order valence-corrected chi connectivity index (χ2v) is 6.29. The highest BCUT2D eigenvalue weighted by Crippen LogP contribution is 2.33. The standard InChI is InChI=1S/C14H19N3O3S/c18-13(15-5-7-17-8-6-16-14(17)19)12-4-3-11(21-12)10-2-1-9-20-10/h3-4,10H,1-2,5-9H2,(H,15,18)(H,16,19)/t10-/m1/s1. The Bertz CT molecular complexity index is 525. The number of nitrogens with zero attached hydrogens (tertiary/aromatic N) is 1. The van der Waals surface area contributed by atoms with Gasteiger partial charge >= 0.3 is 6.03 Å². The van der Waals surface area contributed by atoms with Gasteiger partial charge < -0.3 is 20.3 Å². The van der Waals surface area contributed by atoms with Gasteiger partial charge in [-0.15, -0.1) is 11.3 Å². The number of hydrogen-bond acceptors (Lipinski definition) is 4. The van der Waals surface area contributed by atoms with Gasteiger partial charge in [0.2, 0.25) is 0 Å². The molecule has 1 atom stereocenters. The number of amides is 3. The molecule has 0 saturated carbocycles. The average Bonchev–Trinajstić information content (AvgIpc) is 3.19. The zero-order valence-electron chi connectivity index (χ0n) is 11.8. The number of urea groups is 1. The molecular formula is C14H19N3O3S. The molecule has 0 radical (unpaired) electrons. The molecule has 21 heavy (non-hydrogen) atoms. The van der Waals surface area contributed by atoms with E-state index in [4.69, 9.17) is 4.74 Å². The Balaban J connectivity index is 1.47. The molecule has 1 aromatic heterocycles. The highest BCUT2D eigenvalue weighted by molar-refractivity contribution is 7.14. The van der Waals surface area contributed by atoms with Gasteiger partial charge in [0.25, 0.3) is 5.91 Å². The molecule has 0 aromatic carbocycles. The van der Waals surface area contributed by atoms with E-state index in [0.29, 0.717) is 31.1 Å². The van der Waals surface area contributed by atoms with Crippen LogP contribution in [0.1, 0.15) is 33.5 Å². The van der Waals surface area contributed by atoms with Crippen LogP contribution >= 0.6 is 11.3 Å². The molecule has 0 aliphatic carbocycles. The molecule has 3 amide bonds. The number of rotatable bonds is 5. The number of hydrogen-bond donors (Lipinski definition) is 2. The number of thiophene rings is 1. The van der Waals surface area contributed by atoms with Crippen LogP contribution in [0.15, 0.2) is 12.1 Å². The summed E-state index contributed by atoms with van der Waals surface area (Å²) in [5.74, 6) is -0.0798. The van der Waals surface area contributed by atoms with Gasteiger partial charge in [-0.25, -0.2) is 4.79 Å². The van der Waals surface area contributed by atoms with Gasteiger partial charge in [-0.1, -0.05) is 0 Å². The number of carbonyl (C=O) groups is 2. The SMILES string of the molecule is O=C(NCCN1CCNC1=O)c1ccc([C@H]2CCCO2)s1. The summed E-state index contributed by atoms with van der Waals surface area (Å²) in [5.41, 5.74) is 0. The number of nitrogens with one attached hydrogen (secondary N) is 2. The summed E-state index contributed by atoms with van der Waals surface area (Å²) in [6.07, 6.45) is 2.28. The van der Waals surface area contributed by atoms with Gasteiger partial charge in [-0.05, 0) is 25.0 Å². The van der Waals surface area contributed by atoms with E-state index in [9.17, 15) is 9.59 Å². The fraction of sp³-hybridized carbons (Fsp3) is 0.571. The van der Waals surface area contributed by atoms with Gasteiger partial charge in [-0.3, -0.25) is 4.79 Å². The summed E-state index contributed by atoms with van der Waals surface area (Å²) in [5, 5.41) is 5.60. The summed E-state index contributed by atoms with van der Waals surface area (Å²) in [4.78, 5) is 27.0. The lowest BCUT2D eigenvalue weighted by Gasteiger charge is -2.13. The third kappa shape index (κ3) is 3.36. The Morgan fingerprint density at radius 2 is 2.43 bits per heavy atom. The zero-order valence-corrected chi connectivity index (χ0v) is 12.6. The fourth-order valence-corrected chi connectivity index (χ4v) is 3.57. The largest absolute Gasteiger partial charge is 0.373 e. The van der Waals surface area contributed by atoms with E-state index >= 15 is 0 Å². The molecule has 0 unspecified atom stereocenters. The summed E-state index contributed by atoms with van der Waals surface area (Å²) in [6, 6.07) is 3.77. The van der Waals surface area contributed by atoms with Crippen LogP contribution in [-0.4, -0.2) is 49.6 Å². The molecule has 3 heterocycles. The molecule has 7 heteroatoms. The van der Waals surface area contributed by atoms with Crippen molar-refractivity contribution in [2.75, 3.05) is 32.8 Å². The monoisotopic (exact) mass is 309 g/mol. The van der Waals surface area contributed by atoms with Crippen LogP contribution in [-0.2, 0) is 4.74 Å². The highest BCUT2D eigenvalue weighted by Gasteiger charge is 2.21. The molecule has 2 aliphatic heterocycles. The van der Waals surface area contributed by atoms with Crippen molar-refractivity contribution in [3.05, 3.63) is 21.9 Å². The van der Waals surface area contributed by atoms with Gasteiger partial charge in [0, 0.05) is 37.7 Å². The van der Waals surface area contributed by atoms with Crippen LogP contribution in [0.3, 0.4) is 0 Å². The van der Waals surface area contributed by atoms with Gasteiger partial charge in [0.15, 0.2) is 0 Å². The van der Waals surface area contributed by atoms with E-state index in [1.54, 1.807) is 4.90 Å². The number of ether oxygens (including phenoxy) is 1. The minimum atomic E-state index is -0.0798. The quantitative estimate of drug-likeness (QED) is 0.862. The van der Waals surface area contributed by atoms with Gasteiger partial charge in [-0.2, -0.15) is 0 Å². The third-order valence-corrected chi connectivity index (χ3v) is 4.89. The van der Waals surface area contributed by atoms with Crippen molar-refractivity contribution >= 4 is 23.3 Å². The third-order valence-electron chi connectivity index (χ3n) is 3.71. The molecule has 114 valence electrons. The molecule has 2 aliphatic rings.